The summed E-state index contributed by atoms with van der Waals surface area (Å²) in [6, 6.07) is -3.07. The number of rotatable bonds is 7. The molecule has 3 aliphatic heterocycles. The fourth-order valence-electron chi connectivity index (χ4n) is 4.06. The number of epoxide rings is 1. The number of nitrogens with zero attached hydrogens (tertiary/aromatic N) is 1. The SMILES string of the molecule is C[C@@H]1NC(=O)[C@H](C)NC(=O)[C@@H]2CCCN2C(=O)[C@H](CCCCCC(=O)[C@H]2CO2)NC1=O. The van der Waals surface area contributed by atoms with Crippen LogP contribution in [-0.4, -0.2) is 77.7 Å². The Morgan fingerprint density at radius 3 is 2.29 bits per heavy atom. The highest BCUT2D eigenvalue weighted by Crippen LogP contribution is 2.21. The zero-order valence-electron chi connectivity index (χ0n) is 18.1. The number of ether oxygens (including phenoxy) is 1. The lowest BCUT2D eigenvalue weighted by Gasteiger charge is -2.31. The summed E-state index contributed by atoms with van der Waals surface area (Å²) < 4.78 is 4.98. The lowest BCUT2D eigenvalue weighted by atomic mass is 10.0. The van der Waals surface area contributed by atoms with Crippen molar-refractivity contribution in [2.75, 3.05) is 13.2 Å². The standard InChI is InChI=1S/C21H32N4O6/c1-12-18(27)22-13(2)19(28)24-14(7-4-3-5-9-16(26)17-11-31-17)21(30)25-10-6-8-15(25)20(29)23-12/h12-15,17H,3-11H2,1-2H3,(H,22,27)(H,23,29)(H,24,28)/t12-,13-,14-,15-,17+/m0/s1. The van der Waals surface area contributed by atoms with E-state index in [1.165, 1.54) is 4.90 Å². The number of carbonyl (C=O) groups is 5. The monoisotopic (exact) mass is 436 g/mol. The fraction of sp³-hybridized carbons (Fsp3) is 0.762. The molecular formula is C21H32N4O6. The Labute approximate surface area is 181 Å². The predicted molar refractivity (Wildman–Crippen MR) is 110 cm³/mol. The molecule has 0 unspecified atom stereocenters. The molecule has 4 amide bonds. The molecule has 3 saturated heterocycles. The van der Waals surface area contributed by atoms with Gasteiger partial charge >= 0.3 is 0 Å². The van der Waals surface area contributed by atoms with Gasteiger partial charge in [0.05, 0.1) is 6.61 Å². The molecule has 0 bridgehead atoms. The number of hydrogen-bond donors (Lipinski definition) is 3. The fourth-order valence-corrected chi connectivity index (χ4v) is 4.06. The number of nitrogens with one attached hydrogen (secondary N) is 3. The first-order chi connectivity index (χ1) is 14.8. The van der Waals surface area contributed by atoms with Crippen molar-refractivity contribution in [2.45, 2.75) is 89.1 Å². The molecule has 3 aliphatic rings. The molecule has 3 fully saturated rings. The lowest BCUT2D eigenvalue weighted by molar-refractivity contribution is -0.143. The summed E-state index contributed by atoms with van der Waals surface area (Å²) in [6.07, 6.45) is 3.92. The van der Waals surface area contributed by atoms with E-state index in [4.69, 9.17) is 4.74 Å². The summed E-state index contributed by atoms with van der Waals surface area (Å²) in [4.78, 5) is 64.0. The highest BCUT2D eigenvalue weighted by atomic mass is 16.6. The molecule has 172 valence electrons. The van der Waals surface area contributed by atoms with Crippen LogP contribution in [0.15, 0.2) is 0 Å². The summed E-state index contributed by atoms with van der Waals surface area (Å²) >= 11 is 0. The first-order valence-electron chi connectivity index (χ1n) is 11.1. The molecule has 10 nitrogen and oxygen atoms in total. The van der Waals surface area contributed by atoms with Gasteiger partial charge in [0.25, 0.3) is 0 Å². The molecule has 0 radical (unpaired) electrons. The van der Waals surface area contributed by atoms with Crippen LogP contribution in [0.4, 0.5) is 0 Å². The van der Waals surface area contributed by atoms with E-state index in [0.717, 1.165) is 6.42 Å². The van der Waals surface area contributed by atoms with Gasteiger partial charge in [-0.15, -0.1) is 0 Å². The van der Waals surface area contributed by atoms with E-state index in [1.54, 1.807) is 13.8 Å². The minimum Gasteiger partial charge on any atom is -0.365 e. The molecular weight excluding hydrogens is 404 g/mol. The van der Waals surface area contributed by atoms with Crippen LogP contribution in [0.25, 0.3) is 0 Å². The first kappa shape index (κ1) is 23.2. The number of carbonyl (C=O) groups excluding carboxylic acids is 5. The van der Waals surface area contributed by atoms with Crippen LogP contribution in [0.5, 0.6) is 0 Å². The number of Topliss-reactive ketones (excluding diaryl/α,β-unsaturated/α-hetero) is 1. The molecule has 5 atom stereocenters. The van der Waals surface area contributed by atoms with Crippen molar-refractivity contribution >= 4 is 29.4 Å². The summed E-state index contributed by atoms with van der Waals surface area (Å²) in [5, 5.41) is 8.00. The van der Waals surface area contributed by atoms with E-state index in [-0.39, 0.29) is 23.7 Å². The highest BCUT2D eigenvalue weighted by Gasteiger charge is 2.39. The second-order valence-corrected chi connectivity index (χ2v) is 8.60. The average Bonchev–Trinajstić information content (AvgIpc) is 3.47. The zero-order chi connectivity index (χ0) is 22.5. The molecule has 0 aromatic carbocycles. The normalized spacial score (nSPS) is 31.7. The third-order valence-corrected chi connectivity index (χ3v) is 6.07. The highest BCUT2D eigenvalue weighted by molar-refractivity contribution is 5.97. The van der Waals surface area contributed by atoms with Crippen LogP contribution >= 0.6 is 0 Å². The Bertz CT molecular complexity index is 737. The Kier molecular flexibility index (Phi) is 7.64. The van der Waals surface area contributed by atoms with Gasteiger partial charge in [0.1, 0.15) is 30.3 Å². The Morgan fingerprint density at radius 2 is 1.61 bits per heavy atom. The van der Waals surface area contributed by atoms with Crippen LogP contribution in [0.1, 0.15) is 58.8 Å². The zero-order valence-corrected chi connectivity index (χ0v) is 18.1. The summed E-state index contributed by atoms with van der Waals surface area (Å²) in [5.41, 5.74) is 0. The number of fused-ring (bicyclic) bond motifs is 1. The molecule has 0 aromatic heterocycles. The number of hydrogen-bond acceptors (Lipinski definition) is 6. The van der Waals surface area contributed by atoms with Crippen LogP contribution in [0.3, 0.4) is 0 Å². The number of unbranched alkanes of at least 4 members (excludes halogenated alkanes) is 2. The molecule has 0 spiro atoms. The number of amides is 4. The Balaban J connectivity index is 1.65. The van der Waals surface area contributed by atoms with Gasteiger partial charge in [0, 0.05) is 13.0 Å². The molecule has 0 aliphatic carbocycles. The van der Waals surface area contributed by atoms with Crippen LogP contribution in [0, 0.1) is 0 Å². The third kappa shape index (κ3) is 6.03. The van der Waals surface area contributed by atoms with Gasteiger partial charge in [-0.05, 0) is 39.5 Å². The van der Waals surface area contributed by atoms with E-state index < -0.39 is 36.0 Å². The summed E-state index contributed by atoms with van der Waals surface area (Å²) in [7, 11) is 0. The van der Waals surface area contributed by atoms with Gasteiger partial charge in [0.2, 0.25) is 23.6 Å². The Morgan fingerprint density at radius 1 is 0.968 bits per heavy atom. The topological polar surface area (TPSA) is 137 Å². The van der Waals surface area contributed by atoms with Gasteiger partial charge in [-0.3, -0.25) is 24.0 Å². The molecule has 3 rings (SSSR count). The summed E-state index contributed by atoms with van der Waals surface area (Å²) in [5.74, 6) is -1.41. The second-order valence-electron chi connectivity index (χ2n) is 8.60. The molecule has 0 saturated carbocycles. The van der Waals surface area contributed by atoms with E-state index in [0.29, 0.717) is 51.7 Å². The van der Waals surface area contributed by atoms with Crippen molar-refractivity contribution in [3.63, 3.8) is 0 Å². The smallest absolute Gasteiger partial charge is 0.245 e. The Hall–Kier alpha value is -2.49. The molecule has 3 heterocycles. The molecule has 31 heavy (non-hydrogen) atoms. The van der Waals surface area contributed by atoms with Crippen molar-refractivity contribution < 1.29 is 28.7 Å². The second kappa shape index (κ2) is 10.2. The van der Waals surface area contributed by atoms with Gasteiger partial charge in [-0.25, -0.2) is 0 Å². The van der Waals surface area contributed by atoms with Gasteiger partial charge < -0.3 is 25.6 Å². The van der Waals surface area contributed by atoms with Crippen molar-refractivity contribution in [3.8, 4) is 0 Å². The third-order valence-electron chi connectivity index (χ3n) is 6.07. The predicted octanol–water partition coefficient (Wildman–Crippen LogP) is -0.596. The summed E-state index contributed by atoms with van der Waals surface area (Å²) in [6.45, 7) is 4.04. The van der Waals surface area contributed by atoms with Crippen molar-refractivity contribution in [1.29, 1.82) is 0 Å². The first-order valence-corrected chi connectivity index (χ1v) is 11.1. The lowest BCUT2D eigenvalue weighted by Crippen LogP contribution is -2.60. The van der Waals surface area contributed by atoms with Crippen molar-refractivity contribution in [1.82, 2.24) is 20.9 Å². The quantitative estimate of drug-likeness (QED) is 0.360. The van der Waals surface area contributed by atoms with Crippen LogP contribution in [0.2, 0.25) is 0 Å². The van der Waals surface area contributed by atoms with E-state index in [9.17, 15) is 24.0 Å². The van der Waals surface area contributed by atoms with Gasteiger partial charge in [-0.2, -0.15) is 0 Å². The van der Waals surface area contributed by atoms with E-state index in [2.05, 4.69) is 16.0 Å². The van der Waals surface area contributed by atoms with Crippen molar-refractivity contribution in [3.05, 3.63) is 0 Å². The minimum absolute atomic E-state index is 0.111. The largest absolute Gasteiger partial charge is 0.365 e. The van der Waals surface area contributed by atoms with Gasteiger partial charge in [-0.1, -0.05) is 12.8 Å². The maximum Gasteiger partial charge on any atom is 0.245 e. The van der Waals surface area contributed by atoms with Gasteiger partial charge in [0.15, 0.2) is 5.78 Å². The maximum atomic E-state index is 13.2. The van der Waals surface area contributed by atoms with Crippen LogP contribution in [-0.2, 0) is 28.7 Å². The minimum atomic E-state index is -0.841. The van der Waals surface area contributed by atoms with E-state index in [1.807, 2.05) is 0 Å². The molecule has 10 heteroatoms. The average molecular weight is 437 g/mol. The molecule has 3 N–H and O–H groups in total. The van der Waals surface area contributed by atoms with E-state index >= 15 is 0 Å². The van der Waals surface area contributed by atoms with Crippen molar-refractivity contribution in [2.24, 2.45) is 0 Å². The van der Waals surface area contributed by atoms with Crippen LogP contribution < -0.4 is 16.0 Å². The molecule has 0 aromatic rings. The maximum absolute atomic E-state index is 13.2. The number of ketones is 1.